The van der Waals surface area contributed by atoms with Gasteiger partial charge in [0.1, 0.15) is 0 Å². The molecule has 4 rings (SSSR count). The van der Waals surface area contributed by atoms with Crippen LogP contribution in [0.15, 0.2) is 36.4 Å². The second kappa shape index (κ2) is 2.90. The van der Waals surface area contributed by atoms with Crippen molar-refractivity contribution in [1.29, 1.82) is 0 Å². The Kier molecular flexibility index (Phi) is 1.58. The Hall–Kier alpha value is -1.80. The third kappa shape index (κ3) is 0.990. The van der Waals surface area contributed by atoms with Crippen molar-refractivity contribution >= 4 is 39.5 Å². The molecule has 0 bridgehead atoms. The topological polar surface area (TPSA) is 4.93 Å². The van der Waals surface area contributed by atoms with Gasteiger partial charge in [-0.05, 0) is 10.8 Å². The van der Waals surface area contributed by atoms with E-state index in [0.717, 1.165) is 4.66 Å². The lowest BCUT2D eigenvalue weighted by Crippen LogP contribution is -2.07. The summed E-state index contributed by atoms with van der Waals surface area (Å²) in [5.41, 5.74) is 0. The zero-order valence-corrected chi connectivity index (χ0v) is 10.3. The van der Waals surface area contributed by atoms with E-state index < -0.39 is 0 Å². The molecule has 0 amide bonds. The lowest BCUT2D eigenvalue weighted by Gasteiger charge is -1.99. The average Bonchev–Trinajstić information content (AvgIpc) is 2.80. The normalized spacial score (nSPS) is 12.1. The van der Waals surface area contributed by atoms with Gasteiger partial charge in [-0.1, -0.05) is 43.0 Å². The largest absolute Gasteiger partial charge is 0.335 e. The SMILES string of the molecule is C=c1sc2c3cccc4cccc(c=2n1C)c43. The number of fused-ring (bicyclic) bond motifs is 2. The fourth-order valence-corrected chi connectivity index (χ4v) is 3.81. The van der Waals surface area contributed by atoms with E-state index in [9.17, 15) is 0 Å². The van der Waals surface area contributed by atoms with Gasteiger partial charge in [0, 0.05) is 17.8 Å². The molecule has 0 fully saturated rings. The predicted molar refractivity (Wildman–Crippen MR) is 74.3 cm³/mol. The zero-order valence-electron chi connectivity index (χ0n) is 9.53. The molecule has 0 N–H and O–H groups in total. The number of rotatable bonds is 0. The van der Waals surface area contributed by atoms with Crippen molar-refractivity contribution in [2.24, 2.45) is 7.05 Å². The van der Waals surface area contributed by atoms with Gasteiger partial charge < -0.3 is 4.57 Å². The minimum atomic E-state index is 1.11. The first kappa shape index (κ1) is 9.25. The highest BCUT2D eigenvalue weighted by Gasteiger charge is 2.11. The van der Waals surface area contributed by atoms with Crippen LogP contribution in [0.3, 0.4) is 0 Å². The smallest absolute Gasteiger partial charge is 0.0884 e. The highest BCUT2D eigenvalue weighted by atomic mass is 32.1. The summed E-state index contributed by atoms with van der Waals surface area (Å²) in [6.45, 7) is 4.10. The Morgan fingerprint density at radius 2 is 1.76 bits per heavy atom. The van der Waals surface area contributed by atoms with E-state index in [-0.39, 0.29) is 0 Å². The Morgan fingerprint density at radius 1 is 1.06 bits per heavy atom. The van der Waals surface area contributed by atoms with Crippen LogP contribution < -0.4 is 4.66 Å². The Labute approximate surface area is 102 Å². The minimum absolute atomic E-state index is 1.11. The molecule has 0 saturated carbocycles. The van der Waals surface area contributed by atoms with Gasteiger partial charge in [-0.15, -0.1) is 11.3 Å². The van der Waals surface area contributed by atoms with Crippen LogP contribution >= 0.6 is 11.3 Å². The van der Waals surface area contributed by atoms with Crippen molar-refractivity contribution in [3.63, 3.8) is 0 Å². The molecule has 1 aliphatic carbocycles. The lowest BCUT2D eigenvalue weighted by atomic mass is 10.1. The number of hydrogen-bond donors (Lipinski definition) is 0. The Bertz CT molecular complexity index is 953. The lowest BCUT2D eigenvalue weighted by molar-refractivity contribution is 0.879. The van der Waals surface area contributed by atoms with Crippen molar-refractivity contribution in [2.75, 3.05) is 0 Å². The van der Waals surface area contributed by atoms with Crippen LogP contribution in [0.25, 0.3) is 28.1 Å². The maximum Gasteiger partial charge on any atom is 0.0884 e. The molecular formula is C15H11NS. The molecule has 2 aromatic rings. The van der Waals surface area contributed by atoms with Crippen molar-refractivity contribution < 1.29 is 0 Å². The van der Waals surface area contributed by atoms with Crippen LogP contribution in [0.4, 0.5) is 0 Å². The van der Waals surface area contributed by atoms with Gasteiger partial charge in [-0.3, -0.25) is 0 Å². The van der Waals surface area contributed by atoms with Crippen LogP contribution in [0, 0.1) is 9.88 Å². The summed E-state index contributed by atoms with van der Waals surface area (Å²) in [7, 11) is 2.10. The molecule has 1 nitrogen and oxygen atoms in total. The first-order valence-corrected chi connectivity index (χ1v) is 6.46. The molecule has 0 atom stereocenters. The van der Waals surface area contributed by atoms with E-state index in [4.69, 9.17) is 0 Å². The van der Waals surface area contributed by atoms with Crippen LogP contribution in [-0.2, 0) is 7.05 Å². The second-order valence-electron chi connectivity index (χ2n) is 4.44. The first-order chi connectivity index (χ1) is 8.27. The molecule has 82 valence electrons. The van der Waals surface area contributed by atoms with Crippen LogP contribution in [0.5, 0.6) is 0 Å². The summed E-state index contributed by atoms with van der Waals surface area (Å²) in [6.07, 6.45) is 0. The van der Waals surface area contributed by atoms with Gasteiger partial charge in [-0.2, -0.15) is 0 Å². The van der Waals surface area contributed by atoms with E-state index >= 15 is 0 Å². The summed E-state index contributed by atoms with van der Waals surface area (Å²) in [5, 5.41) is 6.76. The fourth-order valence-electron chi connectivity index (χ4n) is 2.72. The molecule has 0 saturated heterocycles. The van der Waals surface area contributed by atoms with E-state index in [2.05, 4.69) is 54.6 Å². The molecule has 2 aliphatic rings. The molecule has 0 unspecified atom stereocenters. The molecule has 2 heteroatoms. The maximum atomic E-state index is 4.10. The predicted octanol–water partition coefficient (Wildman–Crippen LogP) is 3.25. The number of aromatic nitrogens is 1. The van der Waals surface area contributed by atoms with Crippen molar-refractivity contribution in [3.8, 4) is 0 Å². The van der Waals surface area contributed by atoms with Crippen LogP contribution in [-0.4, -0.2) is 4.57 Å². The molecule has 1 aliphatic heterocycles. The van der Waals surface area contributed by atoms with Gasteiger partial charge in [0.25, 0.3) is 0 Å². The summed E-state index contributed by atoms with van der Waals surface area (Å²) in [5.74, 6) is 0. The van der Waals surface area contributed by atoms with Crippen LogP contribution in [0.2, 0.25) is 0 Å². The van der Waals surface area contributed by atoms with Gasteiger partial charge >= 0.3 is 0 Å². The summed E-state index contributed by atoms with van der Waals surface area (Å²) in [4.78, 5) is 0. The Balaban J connectivity index is 2.56. The molecule has 0 radical (unpaired) electrons. The summed E-state index contributed by atoms with van der Waals surface area (Å²) < 4.78 is 4.68. The minimum Gasteiger partial charge on any atom is -0.335 e. The van der Waals surface area contributed by atoms with Crippen LogP contribution in [0.1, 0.15) is 0 Å². The maximum absolute atomic E-state index is 4.10. The van der Waals surface area contributed by atoms with Crippen molar-refractivity contribution in [1.82, 2.24) is 4.57 Å². The van der Waals surface area contributed by atoms with E-state index in [0.29, 0.717) is 0 Å². The van der Waals surface area contributed by atoms with Gasteiger partial charge in [0.15, 0.2) is 0 Å². The highest BCUT2D eigenvalue weighted by Crippen LogP contribution is 2.31. The standard InChI is InChI=1S/C15H11NS/c1-9-16(2)14-11-7-3-5-10-6-4-8-12(13(10)11)15(14)17-9/h3-8H,1H2,2H3. The summed E-state index contributed by atoms with van der Waals surface area (Å²) in [6, 6.07) is 13.1. The molecule has 0 aromatic heterocycles. The van der Waals surface area contributed by atoms with E-state index in [1.54, 1.807) is 11.3 Å². The van der Waals surface area contributed by atoms with Gasteiger partial charge in [0.2, 0.25) is 0 Å². The molecule has 2 aromatic carbocycles. The molecule has 17 heavy (non-hydrogen) atoms. The highest BCUT2D eigenvalue weighted by molar-refractivity contribution is 7.08. The number of hydrogen-bond acceptors (Lipinski definition) is 1. The van der Waals surface area contributed by atoms with E-state index in [1.807, 2.05) is 0 Å². The quantitative estimate of drug-likeness (QED) is 0.442. The van der Waals surface area contributed by atoms with E-state index in [1.165, 1.54) is 31.4 Å². The average molecular weight is 237 g/mol. The van der Waals surface area contributed by atoms with Gasteiger partial charge in [0.05, 0.1) is 14.5 Å². The number of benzene rings is 2. The first-order valence-electron chi connectivity index (χ1n) is 5.64. The Morgan fingerprint density at radius 3 is 2.53 bits per heavy atom. The molecule has 0 spiro atoms. The monoisotopic (exact) mass is 237 g/mol. The molecule has 1 heterocycles. The van der Waals surface area contributed by atoms with Crippen molar-refractivity contribution in [2.45, 2.75) is 0 Å². The number of nitrogens with zero attached hydrogens (tertiary/aromatic N) is 1. The zero-order chi connectivity index (χ0) is 11.6. The second-order valence-corrected chi connectivity index (χ2v) is 5.53. The third-order valence-corrected chi connectivity index (χ3v) is 4.68. The van der Waals surface area contributed by atoms with Gasteiger partial charge in [-0.25, -0.2) is 0 Å². The summed E-state index contributed by atoms with van der Waals surface area (Å²) >= 11 is 1.78. The molecular weight excluding hydrogens is 226 g/mol. The van der Waals surface area contributed by atoms with Crippen molar-refractivity contribution in [3.05, 3.63) is 50.9 Å². The third-order valence-electron chi connectivity index (χ3n) is 3.55. The fraction of sp³-hybridized carbons (Fsp3) is 0.0667.